The lowest BCUT2D eigenvalue weighted by Crippen LogP contribution is -2.48. The third-order valence-electron chi connectivity index (χ3n) is 5.34. The number of pyridine rings is 2. The molecule has 7 nitrogen and oxygen atoms in total. The molecule has 2 unspecified atom stereocenters. The molecule has 2 N–H and O–H groups in total. The quantitative estimate of drug-likeness (QED) is 0.746. The van der Waals surface area contributed by atoms with E-state index in [4.69, 9.17) is 4.74 Å². The summed E-state index contributed by atoms with van der Waals surface area (Å²) in [5, 5.41) is 6.22. The van der Waals surface area contributed by atoms with Gasteiger partial charge in [-0.2, -0.15) is 0 Å². The van der Waals surface area contributed by atoms with E-state index in [-0.39, 0.29) is 18.4 Å². The molecule has 1 amide bonds. The Morgan fingerprint density at radius 2 is 2.00 bits per heavy atom. The fourth-order valence-electron chi connectivity index (χ4n) is 3.06. The number of aromatic nitrogens is 2. The van der Waals surface area contributed by atoms with Crippen LogP contribution in [0.25, 0.3) is 0 Å². The van der Waals surface area contributed by atoms with E-state index >= 15 is 0 Å². The van der Waals surface area contributed by atoms with Crippen LogP contribution in [-0.4, -0.2) is 27.4 Å². The first-order valence-electron chi connectivity index (χ1n) is 9.48. The second kappa shape index (κ2) is 8.06. The topological polar surface area (TPSA) is 93.2 Å². The lowest BCUT2D eigenvalue weighted by atomic mass is 9.89. The number of rotatable bonds is 6. The largest absolute Gasteiger partial charge is 0.457 e. The molecule has 1 fully saturated rings. The van der Waals surface area contributed by atoms with E-state index < -0.39 is 17.7 Å². The first kappa shape index (κ1) is 19.9. The molecular weight excluding hydrogens is 356 g/mol. The van der Waals surface area contributed by atoms with Crippen molar-refractivity contribution in [3.63, 3.8) is 0 Å². The molecule has 2 aromatic rings. The molecule has 7 heteroatoms. The van der Waals surface area contributed by atoms with Crippen LogP contribution in [0.15, 0.2) is 36.8 Å². The number of aryl methyl sites for hydroxylation is 1. The highest BCUT2D eigenvalue weighted by atomic mass is 16.5. The monoisotopic (exact) mass is 382 g/mol. The maximum atomic E-state index is 12.8. The van der Waals surface area contributed by atoms with E-state index in [1.54, 1.807) is 36.8 Å². The Morgan fingerprint density at radius 3 is 2.61 bits per heavy atom. The van der Waals surface area contributed by atoms with Crippen LogP contribution in [0, 0.1) is 5.92 Å². The molecular formula is C21H26N4O3. The van der Waals surface area contributed by atoms with Gasteiger partial charge in [-0.1, -0.05) is 20.8 Å². The van der Waals surface area contributed by atoms with Gasteiger partial charge in [-0.3, -0.25) is 20.1 Å². The average Bonchev–Trinajstić information content (AvgIpc) is 3.02. The lowest BCUT2D eigenvalue weighted by Gasteiger charge is -2.26. The number of hydrogen-bond donors (Lipinski definition) is 2. The van der Waals surface area contributed by atoms with E-state index in [1.807, 2.05) is 27.7 Å². The maximum absolute atomic E-state index is 12.8. The van der Waals surface area contributed by atoms with Gasteiger partial charge in [-0.05, 0) is 48.6 Å². The Morgan fingerprint density at radius 1 is 1.29 bits per heavy atom. The van der Waals surface area contributed by atoms with Gasteiger partial charge in [0.15, 0.2) is 0 Å². The van der Waals surface area contributed by atoms with Crippen LogP contribution < -0.4 is 10.6 Å². The third-order valence-corrected chi connectivity index (χ3v) is 5.34. The number of ether oxygens (including phenoxy) is 1. The predicted octanol–water partition coefficient (Wildman–Crippen LogP) is 2.53. The first-order valence-corrected chi connectivity index (χ1v) is 9.48. The van der Waals surface area contributed by atoms with Crippen LogP contribution >= 0.6 is 0 Å². The van der Waals surface area contributed by atoms with Crippen molar-refractivity contribution in [1.82, 2.24) is 20.6 Å². The van der Waals surface area contributed by atoms with Gasteiger partial charge < -0.3 is 10.1 Å². The Balaban J connectivity index is 1.86. The number of carbonyl (C=O) groups excluding carboxylic acids is 2. The molecule has 148 valence electrons. The summed E-state index contributed by atoms with van der Waals surface area (Å²) in [5.74, 6) is -0.497. The molecule has 0 radical (unpaired) electrons. The molecule has 1 saturated heterocycles. The van der Waals surface area contributed by atoms with Gasteiger partial charge in [0, 0.05) is 18.6 Å². The Bertz CT molecular complexity index is 869. The molecule has 2 aromatic heterocycles. The predicted molar refractivity (Wildman–Crippen MR) is 104 cm³/mol. The Kier molecular flexibility index (Phi) is 5.74. The standard InChI is InChI=1S/C21H26N4O3/c1-5-14-10-16(19(26)28-12-15-6-8-22-9-7-15)17(23-11-14)18-24-20(27)21(4,25-18)13(2)3/h6-11,13,18,25H,5,12H2,1-4H3,(H,24,27). The number of nitrogens with one attached hydrogen (secondary N) is 2. The van der Waals surface area contributed by atoms with E-state index in [1.165, 1.54) is 0 Å². The van der Waals surface area contributed by atoms with Crippen LogP contribution in [0.3, 0.4) is 0 Å². The van der Waals surface area contributed by atoms with Crippen molar-refractivity contribution in [2.45, 2.75) is 52.4 Å². The molecule has 3 rings (SSSR count). The van der Waals surface area contributed by atoms with Gasteiger partial charge >= 0.3 is 5.97 Å². The Labute approximate surface area is 164 Å². The van der Waals surface area contributed by atoms with Crippen molar-refractivity contribution in [1.29, 1.82) is 0 Å². The lowest BCUT2D eigenvalue weighted by molar-refractivity contribution is -0.125. The van der Waals surface area contributed by atoms with Crippen LogP contribution in [0.4, 0.5) is 0 Å². The van der Waals surface area contributed by atoms with Gasteiger partial charge in [0.05, 0.1) is 16.8 Å². The van der Waals surface area contributed by atoms with Crippen molar-refractivity contribution >= 4 is 11.9 Å². The highest BCUT2D eigenvalue weighted by molar-refractivity contribution is 5.92. The number of nitrogens with zero attached hydrogens (tertiary/aromatic N) is 2. The zero-order chi connectivity index (χ0) is 20.3. The van der Waals surface area contributed by atoms with Crippen LogP contribution in [0.2, 0.25) is 0 Å². The first-order chi connectivity index (χ1) is 13.3. The summed E-state index contributed by atoms with van der Waals surface area (Å²) < 4.78 is 5.49. The second-order valence-corrected chi connectivity index (χ2v) is 7.47. The average molecular weight is 382 g/mol. The molecule has 1 aliphatic rings. The fraction of sp³-hybridized carbons (Fsp3) is 0.429. The molecule has 28 heavy (non-hydrogen) atoms. The summed E-state index contributed by atoms with van der Waals surface area (Å²) in [6, 6.07) is 5.37. The SMILES string of the molecule is CCc1cnc(C2NC(=O)C(C)(C(C)C)N2)c(C(=O)OCc2ccncc2)c1. The maximum Gasteiger partial charge on any atom is 0.340 e. The molecule has 2 atom stereocenters. The summed E-state index contributed by atoms with van der Waals surface area (Å²) in [6.07, 6.45) is 5.23. The summed E-state index contributed by atoms with van der Waals surface area (Å²) in [7, 11) is 0. The van der Waals surface area contributed by atoms with Crippen molar-refractivity contribution in [2.24, 2.45) is 5.92 Å². The minimum absolute atomic E-state index is 0.0782. The zero-order valence-electron chi connectivity index (χ0n) is 16.7. The van der Waals surface area contributed by atoms with Crippen molar-refractivity contribution in [2.75, 3.05) is 0 Å². The number of amides is 1. The Hall–Kier alpha value is -2.80. The molecule has 0 aromatic carbocycles. The molecule has 3 heterocycles. The third kappa shape index (κ3) is 3.89. The molecule has 0 saturated carbocycles. The van der Waals surface area contributed by atoms with Crippen molar-refractivity contribution < 1.29 is 14.3 Å². The van der Waals surface area contributed by atoms with E-state index in [9.17, 15) is 9.59 Å². The summed E-state index contributed by atoms with van der Waals surface area (Å²) >= 11 is 0. The number of esters is 1. The molecule has 0 spiro atoms. The minimum atomic E-state index is -0.728. The highest BCUT2D eigenvalue weighted by Gasteiger charge is 2.46. The zero-order valence-corrected chi connectivity index (χ0v) is 16.7. The number of carbonyl (C=O) groups is 2. The molecule has 0 bridgehead atoms. The van der Waals surface area contributed by atoms with E-state index in [2.05, 4.69) is 20.6 Å². The highest BCUT2D eigenvalue weighted by Crippen LogP contribution is 2.29. The van der Waals surface area contributed by atoms with Gasteiger partial charge in [0.2, 0.25) is 5.91 Å². The second-order valence-electron chi connectivity index (χ2n) is 7.47. The van der Waals surface area contributed by atoms with Crippen LogP contribution in [0.5, 0.6) is 0 Å². The van der Waals surface area contributed by atoms with Crippen LogP contribution in [0.1, 0.15) is 61.0 Å². The van der Waals surface area contributed by atoms with Gasteiger partial charge in [0.25, 0.3) is 0 Å². The smallest absolute Gasteiger partial charge is 0.340 e. The van der Waals surface area contributed by atoms with E-state index in [0.717, 1.165) is 17.5 Å². The minimum Gasteiger partial charge on any atom is -0.457 e. The molecule has 1 aliphatic heterocycles. The summed E-state index contributed by atoms with van der Waals surface area (Å²) in [5.41, 5.74) is 1.88. The summed E-state index contributed by atoms with van der Waals surface area (Å²) in [6.45, 7) is 7.95. The van der Waals surface area contributed by atoms with Crippen molar-refractivity contribution in [3.05, 3.63) is 59.2 Å². The van der Waals surface area contributed by atoms with Crippen molar-refractivity contribution in [3.8, 4) is 0 Å². The van der Waals surface area contributed by atoms with Gasteiger partial charge in [-0.25, -0.2) is 4.79 Å². The van der Waals surface area contributed by atoms with Gasteiger partial charge in [0.1, 0.15) is 12.8 Å². The fourth-order valence-corrected chi connectivity index (χ4v) is 3.06. The van der Waals surface area contributed by atoms with Gasteiger partial charge in [-0.15, -0.1) is 0 Å². The van der Waals surface area contributed by atoms with Crippen LogP contribution in [-0.2, 0) is 22.6 Å². The summed E-state index contributed by atoms with van der Waals surface area (Å²) in [4.78, 5) is 33.8. The normalized spacial score (nSPS) is 21.6. The number of hydrogen-bond acceptors (Lipinski definition) is 6. The van der Waals surface area contributed by atoms with E-state index in [0.29, 0.717) is 11.3 Å². The molecule has 0 aliphatic carbocycles.